The summed E-state index contributed by atoms with van der Waals surface area (Å²) in [5.74, 6) is -2.54. The Balaban J connectivity index is 2.19. The predicted octanol–water partition coefficient (Wildman–Crippen LogP) is 2.51. The Labute approximate surface area is 95.2 Å². The van der Waals surface area contributed by atoms with Crippen LogP contribution in [0.15, 0.2) is 29.0 Å². The minimum absolute atomic E-state index is 0.106. The Morgan fingerprint density at radius 2 is 2.12 bits per heavy atom. The van der Waals surface area contributed by atoms with Crippen LogP contribution in [0.25, 0.3) is 0 Å². The van der Waals surface area contributed by atoms with Crippen LogP contribution in [0.1, 0.15) is 16.1 Å². The van der Waals surface area contributed by atoms with Crippen LogP contribution in [0.2, 0.25) is 0 Å². The molecule has 0 aliphatic rings. The number of amides is 1. The highest BCUT2D eigenvalue weighted by atomic mass is 19.2. The molecule has 0 radical (unpaired) electrons. The molecule has 0 fully saturated rings. The summed E-state index contributed by atoms with van der Waals surface area (Å²) in [4.78, 5) is 11.6. The first-order chi connectivity index (χ1) is 8.08. The van der Waals surface area contributed by atoms with Crippen LogP contribution in [0, 0.1) is 18.6 Å². The van der Waals surface area contributed by atoms with E-state index in [1.54, 1.807) is 6.92 Å². The third kappa shape index (κ3) is 2.30. The molecule has 0 saturated carbocycles. The van der Waals surface area contributed by atoms with Crippen LogP contribution < -0.4 is 5.32 Å². The number of hydrogen-bond donors (Lipinski definition) is 1. The van der Waals surface area contributed by atoms with Crippen molar-refractivity contribution in [2.45, 2.75) is 6.92 Å². The van der Waals surface area contributed by atoms with E-state index in [-0.39, 0.29) is 11.4 Å². The molecular formula is C11H8F2N2O2. The Morgan fingerprint density at radius 3 is 2.71 bits per heavy atom. The number of benzene rings is 1. The largest absolute Gasteiger partial charge is 0.364 e. The molecule has 0 atom stereocenters. The van der Waals surface area contributed by atoms with E-state index < -0.39 is 17.5 Å². The van der Waals surface area contributed by atoms with Crippen LogP contribution in [-0.4, -0.2) is 11.1 Å². The van der Waals surface area contributed by atoms with E-state index >= 15 is 0 Å². The van der Waals surface area contributed by atoms with Gasteiger partial charge in [0.15, 0.2) is 17.3 Å². The first kappa shape index (κ1) is 11.3. The average Bonchev–Trinajstić information content (AvgIpc) is 2.70. The summed E-state index contributed by atoms with van der Waals surface area (Å²) < 4.78 is 30.2. The smallest absolute Gasteiger partial charge is 0.278 e. The fraction of sp³-hybridized carbons (Fsp3) is 0.0909. The lowest BCUT2D eigenvalue weighted by atomic mass is 10.2. The Bertz CT molecular complexity index is 566. The second kappa shape index (κ2) is 4.32. The highest BCUT2D eigenvalue weighted by Crippen LogP contribution is 2.14. The second-order valence-corrected chi connectivity index (χ2v) is 3.43. The topological polar surface area (TPSA) is 55.1 Å². The van der Waals surface area contributed by atoms with E-state index in [4.69, 9.17) is 0 Å². The monoisotopic (exact) mass is 238 g/mol. The molecule has 1 amide bonds. The van der Waals surface area contributed by atoms with Crippen molar-refractivity contribution in [3.8, 4) is 0 Å². The lowest BCUT2D eigenvalue weighted by molar-refractivity contribution is 0.101. The third-order valence-electron chi connectivity index (χ3n) is 2.14. The number of anilines is 1. The van der Waals surface area contributed by atoms with Crippen molar-refractivity contribution in [1.29, 1.82) is 0 Å². The zero-order valence-electron chi connectivity index (χ0n) is 8.83. The van der Waals surface area contributed by atoms with Crippen molar-refractivity contribution in [2.24, 2.45) is 0 Å². The summed E-state index contributed by atoms with van der Waals surface area (Å²) in [6, 6.07) is 3.08. The first-order valence-electron chi connectivity index (χ1n) is 4.75. The van der Waals surface area contributed by atoms with Crippen molar-refractivity contribution in [1.82, 2.24) is 5.16 Å². The van der Waals surface area contributed by atoms with Crippen LogP contribution in [-0.2, 0) is 0 Å². The van der Waals surface area contributed by atoms with Gasteiger partial charge >= 0.3 is 0 Å². The summed E-state index contributed by atoms with van der Waals surface area (Å²) in [7, 11) is 0. The molecule has 88 valence electrons. The normalized spacial score (nSPS) is 10.3. The van der Waals surface area contributed by atoms with Gasteiger partial charge in [0.25, 0.3) is 5.91 Å². The first-order valence-corrected chi connectivity index (χ1v) is 4.75. The molecule has 4 nitrogen and oxygen atoms in total. The van der Waals surface area contributed by atoms with Gasteiger partial charge in [0.2, 0.25) is 0 Å². The maximum Gasteiger partial charge on any atom is 0.278 e. The molecule has 17 heavy (non-hydrogen) atoms. The van der Waals surface area contributed by atoms with Gasteiger partial charge in [-0.15, -0.1) is 0 Å². The summed E-state index contributed by atoms with van der Waals surface area (Å²) in [5.41, 5.74) is 0.816. The number of aromatic nitrogens is 1. The highest BCUT2D eigenvalue weighted by molar-refractivity contribution is 6.03. The fourth-order valence-corrected chi connectivity index (χ4v) is 1.27. The Kier molecular flexibility index (Phi) is 2.86. The van der Waals surface area contributed by atoms with Gasteiger partial charge in [0.1, 0.15) is 6.26 Å². The van der Waals surface area contributed by atoms with Crippen LogP contribution in [0.3, 0.4) is 0 Å². The standard InChI is InChI=1S/C11H8F2N2O2/c1-6-5-17-15-10(6)11(16)14-7-2-3-8(12)9(13)4-7/h2-5H,1H3,(H,14,16). The summed E-state index contributed by atoms with van der Waals surface area (Å²) in [5, 5.41) is 5.88. The lowest BCUT2D eigenvalue weighted by Gasteiger charge is -2.03. The molecule has 1 aromatic carbocycles. The van der Waals surface area contributed by atoms with Crippen LogP contribution >= 0.6 is 0 Å². The minimum atomic E-state index is -1.03. The molecule has 0 spiro atoms. The molecule has 0 aliphatic heterocycles. The van der Waals surface area contributed by atoms with Gasteiger partial charge in [-0.05, 0) is 19.1 Å². The van der Waals surface area contributed by atoms with Gasteiger partial charge in [-0.25, -0.2) is 8.78 Å². The predicted molar refractivity (Wildman–Crippen MR) is 55.6 cm³/mol. The molecule has 0 saturated heterocycles. The van der Waals surface area contributed by atoms with E-state index in [1.807, 2.05) is 0 Å². The van der Waals surface area contributed by atoms with Crippen molar-refractivity contribution in [3.05, 3.63) is 47.4 Å². The second-order valence-electron chi connectivity index (χ2n) is 3.43. The summed E-state index contributed by atoms with van der Waals surface area (Å²) in [6.45, 7) is 1.65. The number of halogens is 2. The molecule has 0 aliphatic carbocycles. The zero-order valence-corrected chi connectivity index (χ0v) is 8.83. The number of carbonyl (C=O) groups excluding carboxylic acids is 1. The van der Waals surface area contributed by atoms with Crippen molar-refractivity contribution < 1.29 is 18.1 Å². The zero-order chi connectivity index (χ0) is 12.4. The van der Waals surface area contributed by atoms with E-state index in [0.29, 0.717) is 5.56 Å². The Hall–Kier alpha value is -2.24. The van der Waals surface area contributed by atoms with Gasteiger partial charge in [0, 0.05) is 17.3 Å². The summed E-state index contributed by atoms with van der Waals surface area (Å²) >= 11 is 0. The van der Waals surface area contributed by atoms with Crippen molar-refractivity contribution in [2.75, 3.05) is 5.32 Å². The number of hydrogen-bond acceptors (Lipinski definition) is 3. The average molecular weight is 238 g/mol. The highest BCUT2D eigenvalue weighted by Gasteiger charge is 2.14. The molecule has 1 aromatic heterocycles. The molecule has 2 rings (SSSR count). The van der Waals surface area contributed by atoms with Crippen molar-refractivity contribution in [3.63, 3.8) is 0 Å². The van der Waals surface area contributed by atoms with Crippen LogP contribution in [0.4, 0.5) is 14.5 Å². The van der Waals surface area contributed by atoms with Crippen molar-refractivity contribution >= 4 is 11.6 Å². The lowest BCUT2D eigenvalue weighted by Crippen LogP contribution is -2.13. The molecule has 0 bridgehead atoms. The van der Waals surface area contributed by atoms with Gasteiger partial charge in [-0.2, -0.15) is 0 Å². The summed E-state index contributed by atoms with van der Waals surface area (Å²) in [6.07, 6.45) is 1.32. The molecule has 6 heteroatoms. The van der Waals surface area contributed by atoms with Gasteiger partial charge in [-0.3, -0.25) is 4.79 Å². The molecular weight excluding hydrogens is 230 g/mol. The number of nitrogens with one attached hydrogen (secondary N) is 1. The number of aryl methyl sites for hydroxylation is 1. The van der Waals surface area contributed by atoms with E-state index in [2.05, 4.69) is 15.0 Å². The van der Waals surface area contributed by atoms with Gasteiger partial charge in [0.05, 0.1) is 0 Å². The molecule has 1 heterocycles. The maximum absolute atomic E-state index is 12.9. The van der Waals surface area contributed by atoms with E-state index in [9.17, 15) is 13.6 Å². The number of nitrogens with zero attached hydrogens (tertiary/aromatic N) is 1. The van der Waals surface area contributed by atoms with Gasteiger partial charge in [-0.1, -0.05) is 5.16 Å². The molecule has 1 N–H and O–H groups in total. The van der Waals surface area contributed by atoms with E-state index in [0.717, 1.165) is 12.1 Å². The third-order valence-corrected chi connectivity index (χ3v) is 2.14. The number of carbonyl (C=O) groups is 1. The SMILES string of the molecule is Cc1conc1C(=O)Nc1ccc(F)c(F)c1. The van der Waals surface area contributed by atoms with Crippen LogP contribution in [0.5, 0.6) is 0 Å². The molecule has 2 aromatic rings. The Morgan fingerprint density at radius 1 is 1.35 bits per heavy atom. The maximum atomic E-state index is 12.9. The fourth-order valence-electron chi connectivity index (χ4n) is 1.27. The molecule has 0 unspecified atom stereocenters. The van der Waals surface area contributed by atoms with E-state index in [1.165, 1.54) is 12.3 Å². The minimum Gasteiger partial charge on any atom is -0.364 e. The quantitative estimate of drug-likeness (QED) is 0.874. The number of rotatable bonds is 2. The van der Waals surface area contributed by atoms with Gasteiger partial charge < -0.3 is 9.84 Å².